The average Bonchev–Trinajstić information content (AvgIpc) is 3.12. The van der Waals surface area contributed by atoms with Gasteiger partial charge in [-0.15, -0.1) is 0 Å². The van der Waals surface area contributed by atoms with Crippen LogP contribution in [-0.2, 0) is 27.5 Å². The smallest absolute Gasteiger partial charge is 0.338 e. The first kappa shape index (κ1) is 37.4. The van der Waals surface area contributed by atoms with Gasteiger partial charge >= 0.3 is 5.97 Å². The van der Waals surface area contributed by atoms with E-state index in [2.05, 4.69) is 23.2 Å². The number of para-hydroxylation sites is 1. The SMILES string of the molecule is CCCCCCCCCCOC(=O)c1ccc(COc2ccccc2CN2CCN(C(=O)CNC(=O)CC34CC5CC(CC(C5)C3)C4)CC2)cc1. The second-order valence-corrected chi connectivity index (χ2v) is 16.2. The molecule has 1 heterocycles. The largest absolute Gasteiger partial charge is 0.489 e. The molecule has 5 aliphatic rings. The van der Waals surface area contributed by atoms with E-state index in [1.54, 1.807) is 0 Å². The van der Waals surface area contributed by atoms with Crippen molar-refractivity contribution in [3.05, 3.63) is 65.2 Å². The lowest BCUT2D eigenvalue weighted by Crippen LogP contribution is -2.51. The standard InChI is InChI=1S/C43H61N3O5/c1-2-3-4-5-6-7-8-11-22-50-42(49)37-16-14-33(15-17-37)32-51-39-13-10-9-12-38(39)31-45-18-20-46(21-19-45)41(48)30-44-40(47)29-43-26-34-23-35(27-43)25-36(24-34)28-43/h9-10,12-17,34-36H,2-8,11,18-32H2,1H3,(H,44,47). The molecule has 0 atom stereocenters. The van der Waals surface area contributed by atoms with Gasteiger partial charge in [0.05, 0.1) is 18.7 Å². The molecule has 1 saturated heterocycles. The maximum absolute atomic E-state index is 13.0. The first-order chi connectivity index (χ1) is 24.9. The Kier molecular flexibility index (Phi) is 13.5. The fourth-order valence-electron chi connectivity index (χ4n) is 9.75. The average molecular weight is 700 g/mol. The van der Waals surface area contributed by atoms with Crippen molar-refractivity contribution in [3.63, 3.8) is 0 Å². The fraction of sp³-hybridized carbons (Fsp3) is 0.651. The molecule has 0 spiro atoms. The van der Waals surface area contributed by atoms with Crippen LogP contribution in [0, 0.1) is 23.2 Å². The second kappa shape index (κ2) is 18.4. The van der Waals surface area contributed by atoms with E-state index >= 15 is 0 Å². The molecule has 278 valence electrons. The Morgan fingerprint density at radius 1 is 0.784 bits per heavy atom. The maximum atomic E-state index is 13.0. The van der Waals surface area contributed by atoms with Crippen molar-refractivity contribution >= 4 is 17.8 Å². The number of carbonyl (C=O) groups is 3. The van der Waals surface area contributed by atoms with Crippen molar-refractivity contribution in [2.45, 2.75) is 116 Å². The third kappa shape index (κ3) is 10.8. The van der Waals surface area contributed by atoms with Gasteiger partial charge in [-0.1, -0.05) is 82.2 Å². The highest BCUT2D eigenvalue weighted by Gasteiger charge is 2.51. The Labute approximate surface area is 306 Å². The fourth-order valence-corrected chi connectivity index (χ4v) is 9.75. The zero-order valence-corrected chi connectivity index (χ0v) is 31.0. The Balaban J connectivity index is 0.869. The number of unbranched alkanes of at least 4 members (excludes halogenated alkanes) is 7. The number of carbonyl (C=O) groups excluding carboxylic acids is 3. The first-order valence-electron chi connectivity index (χ1n) is 20.1. The number of nitrogens with one attached hydrogen (secondary N) is 1. The molecule has 1 aliphatic heterocycles. The van der Waals surface area contributed by atoms with Crippen molar-refractivity contribution in [3.8, 4) is 5.75 Å². The van der Waals surface area contributed by atoms with E-state index in [-0.39, 0.29) is 29.7 Å². The third-order valence-corrected chi connectivity index (χ3v) is 12.0. The maximum Gasteiger partial charge on any atom is 0.338 e. The number of piperazine rings is 1. The summed E-state index contributed by atoms with van der Waals surface area (Å²) >= 11 is 0. The van der Waals surface area contributed by atoms with Crippen LogP contribution in [-0.4, -0.2) is 66.9 Å². The van der Waals surface area contributed by atoms with E-state index in [0.717, 1.165) is 67.1 Å². The molecular weight excluding hydrogens is 638 g/mol. The lowest BCUT2D eigenvalue weighted by atomic mass is 9.49. The second-order valence-electron chi connectivity index (χ2n) is 16.2. The van der Waals surface area contributed by atoms with E-state index in [1.165, 1.54) is 77.0 Å². The molecule has 2 aromatic rings. The van der Waals surface area contributed by atoms with Crippen LogP contribution in [0.5, 0.6) is 5.75 Å². The van der Waals surface area contributed by atoms with Crippen LogP contribution in [0.15, 0.2) is 48.5 Å². The van der Waals surface area contributed by atoms with Crippen molar-refractivity contribution in [1.82, 2.24) is 15.1 Å². The van der Waals surface area contributed by atoms with Gasteiger partial charge in [0.15, 0.2) is 0 Å². The molecule has 8 nitrogen and oxygen atoms in total. The number of esters is 1. The molecule has 8 heteroatoms. The van der Waals surface area contributed by atoms with Crippen molar-refractivity contribution in [2.75, 3.05) is 39.3 Å². The Hall–Kier alpha value is -3.39. The minimum atomic E-state index is -0.269. The molecule has 7 rings (SSSR count). The minimum absolute atomic E-state index is 0.0139. The van der Waals surface area contributed by atoms with Gasteiger partial charge < -0.3 is 19.7 Å². The van der Waals surface area contributed by atoms with E-state index < -0.39 is 0 Å². The Bertz CT molecular complexity index is 1400. The molecule has 0 unspecified atom stereocenters. The Morgan fingerprint density at radius 2 is 1.41 bits per heavy atom. The van der Waals surface area contributed by atoms with Gasteiger partial charge in [-0.2, -0.15) is 0 Å². The lowest BCUT2D eigenvalue weighted by molar-refractivity contribution is -0.136. The molecule has 51 heavy (non-hydrogen) atoms. The summed E-state index contributed by atoms with van der Waals surface area (Å²) in [5.74, 6) is 3.12. The van der Waals surface area contributed by atoms with Crippen LogP contribution in [0.2, 0.25) is 0 Å². The molecule has 2 aromatic carbocycles. The predicted octanol–water partition coefficient (Wildman–Crippen LogP) is 7.93. The van der Waals surface area contributed by atoms with Gasteiger partial charge in [-0.05, 0) is 91.9 Å². The van der Waals surface area contributed by atoms with E-state index in [1.807, 2.05) is 47.4 Å². The van der Waals surface area contributed by atoms with Crippen LogP contribution in [0.1, 0.15) is 125 Å². The molecule has 4 saturated carbocycles. The summed E-state index contributed by atoms with van der Waals surface area (Å²) in [4.78, 5) is 42.7. The van der Waals surface area contributed by atoms with Gasteiger partial charge in [0.25, 0.3) is 0 Å². The van der Waals surface area contributed by atoms with Gasteiger partial charge in [-0.3, -0.25) is 14.5 Å². The summed E-state index contributed by atoms with van der Waals surface area (Å²) in [5, 5.41) is 2.99. The van der Waals surface area contributed by atoms with Gasteiger partial charge in [0.2, 0.25) is 11.8 Å². The number of rotatable bonds is 19. The normalized spacial score (nSPS) is 24.0. The molecule has 0 aromatic heterocycles. The highest BCUT2D eigenvalue weighted by molar-refractivity contribution is 5.89. The lowest BCUT2D eigenvalue weighted by Gasteiger charge is -2.56. The highest BCUT2D eigenvalue weighted by Crippen LogP contribution is 2.61. The first-order valence-corrected chi connectivity index (χ1v) is 20.1. The molecule has 2 amide bonds. The topological polar surface area (TPSA) is 88.2 Å². The highest BCUT2D eigenvalue weighted by atomic mass is 16.5. The molecule has 4 aliphatic carbocycles. The monoisotopic (exact) mass is 699 g/mol. The number of nitrogens with zero attached hydrogens (tertiary/aromatic N) is 2. The zero-order valence-electron chi connectivity index (χ0n) is 31.0. The van der Waals surface area contributed by atoms with Gasteiger partial charge in [-0.25, -0.2) is 4.79 Å². The number of hydrogen-bond acceptors (Lipinski definition) is 6. The molecule has 5 fully saturated rings. The number of hydrogen-bond donors (Lipinski definition) is 1. The summed E-state index contributed by atoms with van der Waals surface area (Å²) in [6.45, 7) is 6.81. The van der Waals surface area contributed by atoms with Crippen LogP contribution < -0.4 is 10.1 Å². The predicted molar refractivity (Wildman–Crippen MR) is 200 cm³/mol. The Morgan fingerprint density at radius 3 is 2.08 bits per heavy atom. The molecule has 1 N–H and O–H groups in total. The molecule has 0 radical (unpaired) electrons. The molecular formula is C43H61N3O5. The van der Waals surface area contributed by atoms with Crippen LogP contribution in [0.4, 0.5) is 0 Å². The summed E-state index contributed by atoms with van der Waals surface area (Å²) in [6, 6.07) is 15.6. The van der Waals surface area contributed by atoms with Gasteiger partial charge in [0, 0.05) is 44.7 Å². The van der Waals surface area contributed by atoms with Crippen LogP contribution in [0.3, 0.4) is 0 Å². The quantitative estimate of drug-likeness (QED) is 0.118. The van der Waals surface area contributed by atoms with Crippen molar-refractivity contribution in [1.29, 1.82) is 0 Å². The van der Waals surface area contributed by atoms with Crippen LogP contribution in [0.25, 0.3) is 0 Å². The summed E-state index contributed by atoms with van der Waals surface area (Å²) in [5.41, 5.74) is 2.85. The van der Waals surface area contributed by atoms with Crippen molar-refractivity contribution in [2.24, 2.45) is 23.2 Å². The van der Waals surface area contributed by atoms with Gasteiger partial charge in [0.1, 0.15) is 12.4 Å². The van der Waals surface area contributed by atoms with E-state index in [0.29, 0.717) is 38.3 Å². The van der Waals surface area contributed by atoms with E-state index in [4.69, 9.17) is 9.47 Å². The van der Waals surface area contributed by atoms with E-state index in [9.17, 15) is 14.4 Å². The minimum Gasteiger partial charge on any atom is -0.489 e. The third-order valence-electron chi connectivity index (χ3n) is 12.0. The number of ether oxygens (including phenoxy) is 2. The zero-order chi connectivity index (χ0) is 35.5. The number of benzene rings is 2. The summed E-state index contributed by atoms with van der Waals surface area (Å²) < 4.78 is 11.8. The summed E-state index contributed by atoms with van der Waals surface area (Å²) in [7, 11) is 0. The number of amides is 2. The molecule has 4 bridgehead atoms. The summed E-state index contributed by atoms with van der Waals surface area (Å²) in [6.07, 6.45) is 18.1. The van der Waals surface area contributed by atoms with Crippen molar-refractivity contribution < 1.29 is 23.9 Å². The van der Waals surface area contributed by atoms with Crippen LogP contribution >= 0.6 is 0 Å².